The highest BCUT2D eigenvalue weighted by molar-refractivity contribution is 9.10. The molecule has 78 valence electrons. The summed E-state index contributed by atoms with van der Waals surface area (Å²) >= 11 is 3.04. The minimum Gasteiger partial charge on any atom is -0.388 e. The number of aliphatic hydroxyl groups excluding tert-OH is 1. The summed E-state index contributed by atoms with van der Waals surface area (Å²) in [5.41, 5.74) is 5.56. The quantitative estimate of drug-likeness (QED) is 0.823. The highest BCUT2D eigenvalue weighted by Gasteiger charge is 2.14. The van der Waals surface area contributed by atoms with Gasteiger partial charge in [-0.3, -0.25) is 0 Å². The van der Waals surface area contributed by atoms with E-state index in [0.29, 0.717) is 16.5 Å². The van der Waals surface area contributed by atoms with E-state index in [9.17, 15) is 13.9 Å². The van der Waals surface area contributed by atoms with Crippen LogP contribution in [0.25, 0.3) is 0 Å². The summed E-state index contributed by atoms with van der Waals surface area (Å²) in [5, 5.41) is 9.52. The van der Waals surface area contributed by atoms with Crippen molar-refractivity contribution in [2.24, 2.45) is 5.73 Å². The van der Waals surface area contributed by atoms with Gasteiger partial charge in [0.25, 0.3) is 0 Å². The lowest BCUT2D eigenvalue weighted by atomic mass is 10.1. The molecule has 0 radical (unpaired) electrons. The second kappa shape index (κ2) is 4.82. The topological polar surface area (TPSA) is 46.2 Å². The summed E-state index contributed by atoms with van der Waals surface area (Å²) in [6.45, 7) is 0.284. The molecule has 0 bridgehead atoms. The number of hydrogen-bond acceptors (Lipinski definition) is 2. The number of aliphatic hydroxyl groups is 1. The van der Waals surface area contributed by atoms with Gasteiger partial charge in [-0.15, -0.1) is 0 Å². The Balaban J connectivity index is 3.02. The predicted octanol–water partition coefficient (Wildman–Crippen LogP) is 2.11. The molecule has 3 N–H and O–H groups in total. The predicted molar refractivity (Wildman–Crippen MR) is 52.7 cm³/mol. The smallest absolute Gasteiger partial charge is 0.159 e. The molecule has 0 amide bonds. The summed E-state index contributed by atoms with van der Waals surface area (Å²) in [6.07, 6.45) is -0.562. The molecular weight excluding hydrogens is 256 g/mol. The Morgan fingerprint density at radius 1 is 1.36 bits per heavy atom. The molecule has 1 aromatic carbocycles. The molecule has 14 heavy (non-hydrogen) atoms. The molecule has 0 unspecified atom stereocenters. The maximum atomic E-state index is 12.8. The monoisotopic (exact) mass is 265 g/mol. The number of benzene rings is 1. The number of rotatable bonds is 3. The summed E-state index contributed by atoms with van der Waals surface area (Å²) < 4.78 is 25.9. The van der Waals surface area contributed by atoms with Crippen LogP contribution in [-0.4, -0.2) is 11.7 Å². The van der Waals surface area contributed by atoms with E-state index in [2.05, 4.69) is 15.9 Å². The van der Waals surface area contributed by atoms with Crippen LogP contribution in [0.1, 0.15) is 18.1 Å². The minimum atomic E-state index is -0.973. The fraction of sp³-hybridized carbons (Fsp3) is 0.333. The molecule has 1 atom stereocenters. The Morgan fingerprint density at radius 2 is 1.93 bits per heavy atom. The summed E-state index contributed by atoms with van der Waals surface area (Å²) in [6, 6.07) is 1.96. The average molecular weight is 266 g/mol. The zero-order valence-corrected chi connectivity index (χ0v) is 8.89. The molecule has 0 aromatic heterocycles. The zero-order valence-electron chi connectivity index (χ0n) is 7.30. The first kappa shape index (κ1) is 11.6. The third-order valence-corrected chi connectivity index (χ3v) is 2.53. The van der Waals surface area contributed by atoms with Gasteiger partial charge in [0.1, 0.15) is 0 Å². The Hall–Kier alpha value is -0.520. The van der Waals surface area contributed by atoms with Crippen LogP contribution in [-0.2, 0) is 0 Å². The normalized spacial score (nSPS) is 12.9. The summed E-state index contributed by atoms with van der Waals surface area (Å²) in [4.78, 5) is 0. The van der Waals surface area contributed by atoms with Crippen LogP contribution in [0.2, 0.25) is 0 Å². The Labute approximate surface area is 88.9 Å². The van der Waals surface area contributed by atoms with Crippen LogP contribution in [0.3, 0.4) is 0 Å². The fourth-order valence-electron chi connectivity index (χ4n) is 1.11. The van der Waals surface area contributed by atoms with E-state index in [1.165, 1.54) is 0 Å². The lowest BCUT2D eigenvalue weighted by Gasteiger charge is -2.11. The summed E-state index contributed by atoms with van der Waals surface area (Å²) in [5.74, 6) is -1.92. The van der Waals surface area contributed by atoms with E-state index in [4.69, 9.17) is 5.73 Å². The zero-order chi connectivity index (χ0) is 10.7. The van der Waals surface area contributed by atoms with Gasteiger partial charge in [-0.05, 0) is 30.7 Å². The molecule has 2 nitrogen and oxygen atoms in total. The van der Waals surface area contributed by atoms with Crippen LogP contribution >= 0.6 is 15.9 Å². The maximum absolute atomic E-state index is 12.8. The molecule has 0 aliphatic carbocycles. The molecule has 0 saturated carbocycles. The molecule has 0 saturated heterocycles. The molecule has 1 aromatic rings. The van der Waals surface area contributed by atoms with Gasteiger partial charge in [-0.25, -0.2) is 8.78 Å². The molecule has 0 aliphatic rings. The molecule has 5 heteroatoms. The fourth-order valence-corrected chi connectivity index (χ4v) is 1.69. The van der Waals surface area contributed by atoms with Crippen molar-refractivity contribution >= 4 is 15.9 Å². The van der Waals surface area contributed by atoms with Crippen LogP contribution in [0.5, 0.6) is 0 Å². The van der Waals surface area contributed by atoms with E-state index in [0.717, 1.165) is 12.1 Å². The van der Waals surface area contributed by atoms with Crippen molar-refractivity contribution in [2.45, 2.75) is 12.5 Å². The highest BCUT2D eigenvalue weighted by atomic mass is 79.9. The van der Waals surface area contributed by atoms with Crippen molar-refractivity contribution in [1.29, 1.82) is 0 Å². The lowest BCUT2D eigenvalue weighted by molar-refractivity contribution is 0.169. The first-order valence-electron chi connectivity index (χ1n) is 4.09. The molecule has 0 aliphatic heterocycles. The van der Waals surface area contributed by atoms with Crippen molar-refractivity contribution in [3.8, 4) is 0 Å². The van der Waals surface area contributed by atoms with E-state index >= 15 is 0 Å². The first-order valence-corrected chi connectivity index (χ1v) is 4.88. The van der Waals surface area contributed by atoms with Gasteiger partial charge in [-0.1, -0.05) is 15.9 Å². The molecule has 0 spiro atoms. The van der Waals surface area contributed by atoms with Gasteiger partial charge < -0.3 is 10.8 Å². The van der Waals surface area contributed by atoms with Crippen molar-refractivity contribution in [1.82, 2.24) is 0 Å². The third kappa shape index (κ3) is 2.50. The Bertz CT molecular complexity index is 333. The largest absolute Gasteiger partial charge is 0.388 e. The Morgan fingerprint density at radius 3 is 2.50 bits per heavy atom. The van der Waals surface area contributed by atoms with Crippen LogP contribution in [0, 0.1) is 11.6 Å². The van der Waals surface area contributed by atoms with Crippen LogP contribution in [0.4, 0.5) is 8.78 Å². The maximum Gasteiger partial charge on any atom is 0.159 e. The highest BCUT2D eigenvalue weighted by Crippen LogP contribution is 2.27. The third-order valence-electron chi connectivity index (χ3n) is 1.84. The van der Waals surface area contributed by atoms with Crippen molar-refractivity contribution in [3.63, 3.8) is 0 Å². The van der Waals surface area contributed by atoms with Crippen molar-refractivity contribution < 1.29 is 13.9 Å². The molecular formula is C9H10BrF2NO. The van der Waals surface area contributed by atoms with Crippen molar-refractivity contribution in [3.05, 3.63) is 33.8 Å². The average Bonchev–Trinajstić information content (AvgIpc) is 2.11. The molecule has 0 heterocycles. The van der Waals surface area contributed by atoms with Crippen LogP contribution < -0.4 is 5.73 Å². The van der Waals surface area contributed by atoms with Gasteiger partial charge in [0, 0.05) is 4.47 Å². The molecule has 1 rings (SSSR count). The number of hydrogen-bond donors (Lipinski definition) is 2. The first-order chi connectivity index (χ1) is 6.56. The standard InChI is InChI=1S/C9H10BrF2NO/c10-6-4-8(12)7(11)3-5(6)9(14)1-2-13/h3-4,9,14H,1-2,13H2/t9-/m0/s1. The Kier molecular flexibility index (Phi) is 3.97. The van der Waals surface area contributed by atoms with E-state index in [1.807, 2.05) is 0 Å². The van der Waals surface area contributed by atoms with Gasteiger partial charge in [0.15, 0.2) is 11.6 Å². The van der Waals surface area contributed by atoms with Crippen molar-refractivity contribution in [2.75, 3.05) is 6.54 Å². The number of nitrogens with two attached hydrogens (primary N) is 1. The van der Waals surface area contributed by atoms with Gasteiger partial charge in [0.2, 0.25) is 0 Å². The van der Waals surface area contributed by atoms with Crippen LogP contribution in [0.15, 0.2) is 16.6 Å². The van der Waals surface area contributed by atoms with E-state index in [-0.39, 0.29) is 6.54 Å². The summed E-state index contributed by atoms with van der Waals surface area (Å²) in [7, 11) is 0. The van der Waals surface area contributed by atoms with E-state index in [1.54, 1.807) is 0 Å². The SMILES string of the molecule is NCC[C@H](O)c1cc(F)c(F)cc1Br. The number of halogens is 3. The van der Waals surface area contributed by atoms with Gasteiger partial charge >= 0.3 is 0 Å². The second-order valence-electron chi connectivity index (χ2n) is 2.88. The van der Waals surface area contributed by atoms with E-state index < -0.39 is 17.7 Å². The minimum absolute atomic E-state index is 0.284. The van der Waals surface area contributed by atoms with Gasteiger partial charge in [-0.2, -0.15) is 0 Å². The lowest BCUT2D eigenvalue weighted by Crippen LogP contribution is -2.08. The second-order valence-corrected chi connectivity index (χ2v) is 3.74. The van der Waals surface area contributed by atoms with Gasteiger partial charge in [0.05, 0.1) is 6.10 Å². The molecule has 0 fully saturated rings.